The number of amides is 1. The quantitative estimate of drug-likeness (QED) is 0.337. The number of thiazole rings is 1. The van der Waals surface area contributed by atoms with Crippen molar-refractivity contribution in [2.45, 2.75) is 57.4 Å². The highest BCUT2D eigenvalue weighted by molar-refractivity contribution is 7.91. The van der Waals surface area contributed by atoms with E-state index in [4.69, 9.17) is 0 Å². The highest BCUT2D eigenvalue weighted by Gasteiger charge is 2.37. The number of benzene rings is 2. The molecule has 0 saturated carbocycles. The van der Waals surface area contributed by atoms with Crippen LogP contribution in [0.5, 0.6) is 0 Å². The highest BCUT2D eigenvalue weighted by Crippen LogP contribution is 2.43. The minimum Gasteiger partial charge on any atom is -0.302 e. The molecule has 0 bridgehead atoms. The second-order valence-electron chi connectivity index (χ2n) is 9.51. The fourth-order valence-electron chi connectivity index (χ4n) is 4.56. The van der Waals surface area contributed by atoms with Gasteiger partial charge in [-0.25, -0.2) is 17.8 Å². The standard InChI is InChI=1S/C26H27F4N3O3S2/c1-4-38(35,36)18-8-5-16(6-9-18)12-22(34)31-25-32-23-21(37-25)14-33(24(23)15(2)3)13-17-7-10-19(20(27)11-17)26(28,29)30/h5-11,15,24H,4,12-14H2,1-3H3,(H,31,32,34). The Labute approximate surface area is 222 Å². The number of carbonyl (C=O) groups excluding carboxylic acids is 1. The number of halogens is 4. The topological polar surface area (TPSA) is 79.4 Å². The van der Waals surface area contributed by atoms with E-state index in [1.165, 1.54) is 29.5 Å². The maximum absolute atomic E-state index is 14.1. The molecule has 1 aliphatic heterocycles. The fourth-order valence-corrected chi connectivity index (χ4v) is 6.49. The zero-order valence-corrected chi connectivity index (χ0v) is 22.6. The third-order valence-electron chi connectivity index (χ3n) is 6.38. The first-order valence-electron chi connectivity index (χ1n) is 12.0. The number of fused-ring (bicyclic) bond motifs is 1. The average molecular weight is 570 g/mol. The third-order valence-corrected chi connectivity index (χ3v) is 9.10. The first-order valence-corrected chi connectivity index (χ1v) is 14.5. The molecule has 0 spiro atoms. The van der Waals surface area contributed by atoms with Crippen LogP contribution in [0.4, 0.5) is 22.7 Å². The molecule has 38 heavy (non-hydrogen) atoms. The lowest BCUT2D eigenvalue weighted by atomic mass is 10.0. The molecule has 3 aromatic rings. The van der Waals surface area contributed by atoms with Crippen molar-refractivity contribution in [3.63, 3.8) is 0 Å². The fraction of sp³-hybridized carbons (Fsp3) is 0.385. The van der Waals surface area contributed by atoms with Crippen molar-refractivity contribution >= 4 is 32.2 Å². The van der Waals surface area contributed by atoms with Gasteiger partial charge in [-0.1, -0.05) is 39.0 Å². The van der Waals surface area contributed by atoms with Gasteiger partial charge in [0.2, 0.25) is 5.91 Å². The third kappa shape index (κ3) is 6.08. The Balaban J connectivity index is 1.43. The van der Waals surface area contributed by atoms with Crippen LogP contribution in [0, 0.1) is 11.7 Å². The number of anilines is 1. The molecule has 1 amide bonds. The van der Waals surface area contributed by atoms with E-state index in [2.05, 4.69) is 10.3 Å². The Kier molecular flexibility index (Phi) is 7.96. The summed E-state index contributed by atoms with van der Waals surface area (Å²) in [4.78, 5) is 20.4. The Morgan fingerprint density at radius 1 is 1.16 bits per heavy atom. The zero-order valence-electron chi connectivity index (χ0n) is 21.0. The van der Waals surface area contributed by atoms with Crippen molar-refractivity contribution in [3.05, 3.63) is 75.5 Å². The number of nitrogens with one attached hydrogen (secondary N) is 1. The zero-order chi connectivity index (χ0) is 27.8. The molecule has 204 valence electrons. The summed E-state index contributed by atoms with van der Waals surface area (Å²) >= 11 is 1.33. The van der Waals surface area contributed by atoms with E-state index in [0.29, 0.717) is 22.8 Å². The summed E-state index contributed by atoms with van der Waals surface area (Å²) < 4.78 is 76.7. The predicted molar refractivity (Wildman–Crippen MR) is 137 cm³/mol. The van der Waals surface area contributed by atoms with Crippen LogP contribution in [0.3, 0.4) is 0 Å². The van der Waals surface area contributed by atoms with Gasteiger partial charge in [0.25, 0.3) is 0 Å². The first-order chi connectivity index (χ1) is 17.8. The van der Waals surface area contributed by atoms with Gasteiger partial charge in [0.1, 0.15) is 5.82 Å². The molecule has 12 heteroatoms. The van der Waals surface area contributed by atoms with E-state index >= 15 is 0 Å². The molecule has 0 aliphatic carbocycles. The molecular formula is C26H27F4N3O3S2. The number of sulfone groups is 1. The van der Waals surface area contributed by atoms with Gasteiger partial charge in [0, 0.05) is 18.0 Å². The largest absolute Gasteiger partial charge is 0.419 e. The second-order valence-corrected chi connectivity index (χ2v) is 12.9. The molecule has 1 atom stereocenters. The van der Waals surface area contributed by atoms with E-state index in [1.807, 2.05) is 18.7 Å². The number of hydrogen-bond donors (Lipinski definition) is 1. The average Bonchev–Trinajstić information content (AvgIpc) is 3.34. The van der Waals surface area contributed by atoms with Gasteiger partial charge < -0.3 is 5.32 Å². The van der Waals surface area contributed by atoms with Gasteiger partial charge in [0.05, 0.1) is 34.4 Å². The van der Waals surface area contributed by atoms with E-state index in [-0.39, 0.29) is 41.5 Å². The molecule has 1 aliphatic rings. The monoisotopic (exact) mass is 569 g/mol. The Bertz CT molecular complexity index is 1430. The molecule has 2 aromatic carbocycles. The summed E-state index contributed by atoms with van der Waals surface area (Å²) in [6.45, 7) is 6.30. The Morgan fingerprint density at radius 3 is 2.39 bits per heavy atom. The van der Waals surface area contributed by atoms with E-state index < -0.39 is 27.4 Å². The first kappa shape index (κ1) is 28.2. The van der Waals surface area contributed by atoms with Crippen LogP contribution in [-0.4, -0.2) is 30.0 Å². The van der Waals surface area contributed by atoms with Crippen LogP contribution in [-0.2, 0) is 40.3 Å². The van der Waals surface area contributed by atoms with E-state index in [1.54, 1.807) is 19.1 Å². The van der Waals surface area contributed by atoms with Gasteiger partial charge >= 0.3 is 6.18 Å². The van der Waals surface area contributed by atoms with Crippen LogP contribution in [0.25, 0.3) is 0 Å². The predicted octanol–water partition coefficient (Wildman–Crippen LogP) is 5.99. The highest BCUT2D eigenvalue weighted by atomic mass is 32.2. The van der Waals surface area contributed by atoms with Gasteiger partial charge in [-0.15, -0.1) is 11.3 Å². The van der Waals surface area contributed by atoms with Crippen molar-refractivity contribution in [3.8, 4) is 0 Å². The Hall–Kier alpha value is -2.83. The van der Waals surface area contributed by atoms with Gasteiger partial charge in [0.15, 0.2) is 15.0 Å². The minimum atomic E-state index is -4.75. The van der Waals surface area contributed by atoms with Gasteiger partial charge in [-0.2, -0.15) is 13.2 Å². The number of aromatic nitrogens is 1. The van der Waals surface area contributed by atoms with Crippen molar-refractivity contribution in [1.82, 2.24) is 9.88 Å². The van der Waals surface area contributed by atoms with Crippen LogP contribution in [0.2, 0.25) is 0 Å². The molecule has 2 heterocycles. The van der Waals surface area contributed by atoms with Crippen LogP contribution in [0.1, 0.15) is 54.1 Å². The lowest BCUT2D eigenvalue weighted by Crippen LogP contribution is -2.26. The molecular weight excluding hydrogens is 542 g/mol. The van der Waals surface area contributed by atoms with Crippen LogP contribution < -0.4 is 5.32 Å². The smallest absolute Gasteiger partial charge is 0.302 e. The number of nitrogens with zero attached hydrogens (tertiary/aromatic N) is 2. The molecule has 0 saturated heterocycles. The van der Waals surface area contributed by atoms with Crippen LogP contribution in [0.15, 0.2) is 47.4 Å². The normalized spacial score (nSPS) is 16.2. The molecule has 1 aromatic heterocycles. The minimum absolute atomic E-state index is 0.00241. The maximum Gasteiger partial charge on any atom is 0.419 e. The van der Waals surface area contributed by atoms with Crippen molar-refractivity contribution < 1.29 is 30.8 Å². The van der Waals surface area contributed by atoms with Crippen molar-refractivity contribution in [2.24, 2.45) is 5.92 Å². The number of hydrogen-bond acceptors (Lipinski definition) is 6. The molecule has 1 N–H and O–H groups in total. The summed E-state index contributed by atoms with van der Waals surface area (Å²) in [5.41, 5.74) is 0.604. The van der Waals surface area contributed by atoms with Gasteiger partial charge in [-0.05, 0) is 41.3 Å². The number of rotatable bonds is 8. The summed E-state index contributed by atoms with van der Waals surface area (Å²) in [7, 11) is -3.31. The summed E-state index contributed by atoms with van der Waals surface area (Å²) in [6, 6.07) is 9.04. The number of alkyl halides is 3. The lowest BCUT2D eigenvalue weighted by molar-refractivity contribution is -0.140. The second kappa shape index (κ2) is 10.7. The molecule has 1 unspecified atom stereocenters. The molecule has 0 fully saturated rings. The summed E-state index contributed by atoms with van der Waals surface area (Å²) in [6.07, 6.45) is -4.69. The van der Waals surface area contributed by atoms with E-state index in [0.717, 1.165) is 22.7 Å². The Morgan fingerprint density at radius 2 is 1.82 bits per heavy atom. The molecule has 4 rings (SSSR count). The number of carbonyl (C=O) groups is 1. The van der Waals surface area contributed by atoms with Crippen LogP contribution >= 0.6 is 11.3 Å². The SMILES string of the molecule is CCS(=O)(=O)c1ccc(CC(=O)Nc2nc3c(s2)CN(Cc2ccc(C(F)(F)F)c(F)c2)C3C(C)C)cc1. The van der Waals surface area contributed by atoms with Crippen molar-refractivity contribution in [1.29, 1.82) is 0 Å². The maximum atomic E-state index is 14.1. The van der Waals surface area contributed by atoms with E-state index in [9.17, 15) is 30.8 Å². The lowest BCUT2D eigenvalue weighted by Gasteiger charge is -2.27. The molecule has 6 nitrogen and oxygen atoms in total. The summed E-state index contributed by atoms with van der Waals surface area (Å²) in [5.74, 6) is -1.48. The molecule has 0 radical (unpaired) electrons. The van der Waals surface area contributed by atoms with Crippen molar-refractivity contribution in [2.75, 3.05) is 11.1 Å². The van der Waals surface area contributed by atoms with Gasteiger partial charge in [-0.3, -0.25) is 9.69 Å². The summed E-state index contributed by atoms with van der Waals surface area (Å²) in [5, 5.41) is 3.24.